The molecule has 4 atom stereocenters. The third-order valence-electron chi connectivity index (χ3n) is 3.51. The Morgan fingerprint density at radius 2 is 2.29 bits per heavy atom. The molecule has 1 unspecified atom stereocenters. The number of hydrogen-bond acceptors (Lipinski definition) is 2. The van der Waals surface area contributed by atoms with E-state index in [0.29, 0.717) is 11.8 Å². The molecule has 0 spiro atoms. The number of ether oxygens (including phenoxy) is 2. The van der Waals surface area contributed by atoms with Gasteiger partial charge in [-0.2, -0.15) is 0 Å². The van der Waals surface area contributed by atoms with Crippen LogP contribution in [-0.4, -0.2) is 19.5 Å². The first kappa shape index (κ1) is 14.0. The van der Waals surface area contributed by atoms with Crippen LogP contribution in [0, 0.1) is 24.2 Å². The van der Waals surface area contributed by atoms with Gasteiger partial charge < -0.3 is 9.47 Å². The van der Waals surface area contributed by atoms with Crippen LogP contribution >= 0.6 is 0 Å². The summed E-state index contributed by atoms with van der Waals surface area (Å²) < 4.78 is 10.9. The van der Waals surface area contributed by atoms with Crippen molar-refractivity contribution in [2.24, 2.45) is 11.8 Å². The lowest BCUT2D eigenvalue weighted by atomic mass is 9.76. The van der Waals surface area contributed by atoms with Gasteiger partial charge in [-0.1, -0.05) is 25.2 Å². The van der Waals surface area contributed by atoms with E-state index in [1.165, 1.54) is 11.1 Å². The maximum atomic E-state index is 5.83. The SMILES string of the molecule is C#CC(OC)O[C@H]1C(C)=CC[C@@H](C(=C)C)[C@@H]1C. The molecule has 17 heavy (non-hydrogen) atoms. The summed E-state index contributed by atoms with van der Waals surface area (Å²) in [5, 5.41) is 0. The summed E-state index contributed by atoms with van der Waals surface area (Å²) in [6.07, 6.45) is 8.05. The van der Waals surface area contributed by atoms with Crippen LogP contribution in [0.15, 0.2) is 23.8 Å². The number of methoxy groups -OCH3 is 1. The molecule has 0 saturated carbocycles. The smallest absolute Gasteiger partial charge is 0.222 e. The van der Waals surface area contributed by atoms with Crippen molar-refractivity contribution in [2.75, 3.05) is 7.11 Å². The molecule has 0 fully saturated rings. The third kappa shape index (κ3) is 3.21. The summed E-state index contributed by atoms with van der Waals surface area (Å²) >= 11 is 0. The molecule has 0 saturated heterocycles. The summed E-state index contributed by atoms with van der Waals surface area (Å²) in [4.78, 5) is 0. The Labute approximate surface area is 105 Å². The highest BCUT2D eigenvalue weighted by Crippen LogP contribution is 2.35. The van der Waals surface area contributed by atoms with Gasteiger partial charge in [0.25, 0.3) is 0 Å². The Kier molecular flexibility index (Phi) is 4.99. The highest BCUT2D eigenvalue weighted by Gasteiger charge is 2.32. The topological polar surface area (TPSA) is 18.5 Å². The Morgan fingerprint density at radius 3 is 2.76 bits per heavy atom. The fraction of sp³-hybridized carbons (Fsp3) is 0.600. The molecule has 0 radical (unpaired) electrons. The molecule has 94 valence electrons. The first-order valence-corrected chi connectivity index (χ1v) is 5.97. The second kappa shape index (κ2) is 6.05. The minimum absolute atomic E-state index is 0.0199. The van der Waals surface area contributed by atoms with Gasteiger partial charge in [0, 0.05) is 7.11 Å². The molecule has 0 aromatic carbocycles. The van der Waals surface area contributed by atoms with Crippen molar-refractivity contribution in [3.8, 4) is 12.3 Å². The summed E-state index contributed by atoms with van der Waals surface area (Å²) in [7, 11) is 1.56. The van der Waals surface area contributed by atoms with Gasteiger partial charge in [-0.05, 0) is 43.6 Å². The second-order valence-electron chi connectivity index (χ2n) is 4.79. The van der Waals surface area contributed by atoms with E-state index in [-0.39, 0.29) is 6.10 Å². The Bertz CT molecular complexity index is 348. The van der Waals surface area contributed by atoms with Crippen LogP contribution < -0.4 is 0 Å². The molecule has 0 aliphatic heterocycles. The minimum atomic E-state index is -0.574. The maximum Gasteiger partial charge on any atom is 0.222 e. The lowest BCUT2D eigenvalue weighted by molar-refractivity contribution is -0.128. The number of rotatable bonds is 4. The number of hydrogen-bond donors (Lipinski definition) is 0. The molecule has 0 aromatic rings. The van der Waals surface area contributed by atoms with E-state index in [9.17, 15) is 0 Å². The van der Waals surface area contributed by atoms with Crippen molar-refractivity contribution in [1.82, 2.24) is 0 Å². The van der Waals surface area contributed by atoms with Crippen LogP contribution in [0.5, 0.6) is 0 Å². The first-order chi connectivity index (χ1) is 8.01. The monoisotopic (exact) mass is 234 g/mol. The molecule has 0 bridgehead atoms. The molecule has 2 nitrogen and oxygen atoms in total. The van der Waals surface area contributed by atoms with E-state index in [0.717, 1.165) is 6.42 Å². The Morgan fingerprint density at radius 1 is 1.65 bits per heavy atom. The summed E-state index contributed by atoms with van der Waals surface area (Å²) in [5.74, 6) is 3.33. The van der Waals surface area contributed by atoms with Gasteiger partial charge in [0.15, 0.2) is 0 Å². The van der Waals surface area contributed by atoms with Gasteiger partial charge in [0.2, 0.25) is 6.29 Å². The molecule has 1 aliphatic carbocycles. The van der Waals surface area contributed by atoms with Gasteiger partial charge in [-0.25, -0.2) is 0 Å². The van der Waals surface area contributed by atoms with Gasteiger partial charge in [0.05, 0.1) is 6.10 Å². The molecular formula is C15H22O2. The molecule has 0 amide bonds. The normalized spacial score (nSPS) is 30.3. The third-order valence-corrected chi connectivity index (χ3v) is 3.51. The lowest BCUT2D eigenvalue weighted by Gasteiger charge is -2.36. The summed E-state index contributed by atoms with van der Waals surface area (Å²) in [6.45, 7) is 10.4. The van der Waals surface area contributed by atoms with Crippen molar-refractivity contribution >= 4 is 0 Å². The molecule has 0 heterocycles. The van der Waals surface area contributed by atoms with Gasteiger partial charge in [-0.3, -0.25) is 0 Å². The predicted octanol–water partition coefficient (Wildman–Crippen LogP) is 3.16. The minimum Gasteiger partial charge on any atom is -0.345 e. The zero-order valence-corrected chi connectivity index (χ0v) is 11.2. The maximum absolute atomic E-state index is 5.83. The first-order valence-electron chi connectivity index (χ1n) is 5.97. The average Bonchev–Trinajstić information content (AvgIpc) is 2.29. The second-order valence-corrected chi connectivity index (χ2v) is 4.79. The molecule has 2 heteroatoms. The molecular weight excluding hydrogens is 212 g/mol. The van der Waals surface area contributed by atoms with Crippen molar-refractivity contribution in [2.45, 2.75) is 39.6 Å². The lowest BCUT2D eigenvalue weighted by Crippen LogP contribution is -2.36. The molecule has 0 N–H and O–H groups in total. The number of terminal acetylenes is 1. The number of allylic oxidation sites excluding steroid dienone is 2. The Balaban J connectivity index is 2.82. The fourth-order valence-corrected chi connectivity index (χ4v) is 2.45. The van der Waals surface area contributed by atoms with Crippen molar-refractivity contribution in [3.05, 3.63) is 23.8 Å². The van der Waals surface area contributed by atoms with Crippen LogP contribution in [0.3, 0.4) is 0 Å². The molecule has 1 rings (SSSR count). The van der Waals surface area contributed by atoms with Gasteiger partial charge in [0.1, 0.15) is 0 Å². The van der Waals surface area contributed by atoms with E-state index in [1.54, 1.807) is 7.11 Å². The highest BCUT2D eigenvalue weighted by molar-refractivity contribution is 5.18. The van der Waals surface area contributed by atoms with Crippen LogP contribution in [-0.2, 0) is 9.47 Å². The van der Waals surface area contributed by atoms with Crippen LogP contribution in [0.1, 0.15) is 27.2 Å². The van der Waals surface area contributed by atoms with Crippen LogP contribution in [0.4, 0.5) is 0 Å². The van der Waals surface area contributed by atoms with Crippen molar-refractivity contribution in [1.29, 1.82) is 0 Å². The fourth-order valence-electron chi connectivity index (χ4n) is 2.45. The zero-order chi connectivity index (χ0) is 13.0. The summed E-state index contributed by atoms with van der Waals surface area (Å²) in [5.41, 5.74) is 2.43. The predicted molar refractivity (Wildman–Crippen MR) is 70.3 cm³/mol. The van der Waals surface area contributed by atoms with E-state index in [1.807, 2.05) is 0 Å². The summed E-state index contributed by atoms with van der Waals surface area (Å²) in [6, 6.07) is 0. The largest absolute Gasteiger partial charge is 0.345 e. The average molecular weight is 234 g/mol. The Hall–Kier alpha value is -1.04. The van der Waals surface area contributed by atoms with Crippen LogP contribution in [0.25, 0.3) is 0 Å². The van der Waals surface area contributed by atoms with Gasteiger partial charge >= 0.3 is 0 Å². The van der Waals surface area contributed by atoms with E-state index < -0.39 is 6.29 Å². The van der Waals surface area contributed by atoms with E-state index in [4.69, 9.17) is 15.9 Å². The quantitative estimate of drug-likeness (QED) is 0.422. The highest BCUT2D eigenvalue weighted by atomic mass is 16.7. The van der Waals surface area contributed by atoms with Crippen molar-refractivity contribution < 1.29 is 9.47 Å². The zero-order valence-electron chi connectivity index (χ0n) is 11.2. The van der Waals surface area contributed by atoms with Crippen LogP contribution in [0.2, 0.25) is 0 Å². The molecule has 0 aromatic heterocycles. The van der Waals surface area contributed by atoms with E-state index in [2.05, 4.69) is 39.3 Å². The molecule has 1 aliphatic rings. The van der Waals surface area contributed by atoms with Gasteiger partial charge in [-0.15, -0.1) is 6.42 Å². The van der Waals surface area contributed by atoms with Crippen molar-refractivity contribution in [3.63, 3.8) is 0 Å². The standard InChI is InChI=1S/C15H22O2/c1-7-14(16-6)17-15-11(4)8-9-13(10(2)3)12(15)5/h1,8,12-15H,2,9H2,3-6H3/t12-,13-,14?,15-/m0/s1. The van der Waals surface area contributed by atoms with E-state index >= 15 is 0 Å².